The van der Waals surface area contributed by atoms with Crippen LogP contribution < -0.4 is 0 Å². The second-order valence-corrected chi connectivity index (χ2v) is 2.97. The van der Waals surface area contributed by atoms with E-state index in [-0.39, 0.29) is 0 Å². The minimum Gasteiger partial charge on any atom is -0.297 e. The molecule has 0 aromatic rings. The molecule has 0 amide bonds. The molecule has 66 valence electrons. The average molecular weight is 167 g/mol. The van der Waals surface area contributed by atoms with Crippen LogP contribution in [-0.4, -0.2) is 37.1 Å². The van der Waals surface area contributed by atoms with Gasteiger partial charge in [0, 0.05) is 0 Å². The van der Waals surface area contributed by atoms with Crippen molar-refractivity contribution in [2.75, 3.05) is 26.3 Å². The van der Waals surface area contributed by atoms with Crippen molar-refractivity contribution < 1.29 is 13.2 Å². The lowest BCUT2D eigenvalue weighted by Gasteiger charge is -2.20. The van der Waals surface area contributed by atoms with Crippen molar-refractivity contribution >= 4 is 0 Å². The number of hydrogen-bond donors (Lipinski definition) is 0. The highest BCUT2D eigenvalue weighted by molar-refractivity contribution is 4.74. The lowest BCUT2D eigenvalue weighted by atomic mass is 10.3. The Bertz CT molecular complexity index is 121. The summed E-state index contributed by atoms with van der Waals surface area (Å²) in [5.41, 5.74) is 0. The molecule has 0 aliphatic carbocycles. The number of nitrogens with zero attached hydrogens (tertiary/aromatic N) is 1. The summed E-state index contributed by atoms with van der Waals surface area (Å²) in [6.07, 6.45) is 1.92. The number of likely N-dealkylation sites (tertiary alicyclic amines) is 1. The maximum atomic E-state index is 12.4. The van der Waals surface area contributed by atoms with Gasteiger partial charge in [0.05, 0.1) is 6.54 Å². The van der Waals surface area contributed by atoms with E-state index in [1.807, 2.05) is 0 Å². The highest BCUT2D eigenvalue weighted by Crippen LogP contribution is 2.18. The van der Waals surface area contributed by atoms with Gasteiger partial charge in [-0.3, -0.25) is 4.90 Å². The molecule has 0 atom stereocenters. The molecule has 0 bridgehead atoms. The molecule has 0 spiro atoms. The third kappa shape index (κ3) is 2.69. The Morgan fingerprint density at radius 1 is 1.18 bits per heavy atom. The van der Waals surface area contributed by atoms with Gasteiger partial charge in [-0.05, 0) is 25.9 Å². The Balaban J connectivity index is 2.28. The zero-order chi connectivity index (χ0) is 8.32. The summed E-state index contributed by atoms with van der Waals surface area (Å²) in [6, 6.07) is 0. The Morgan fingerprint density at radius 3 is 2.18 bits per heavy atom. The fourth-order valence-electron chi connectivity index (χ4n) is 1.31. The van der Waals surface area contributed by atoms with Gasteiger partial charge in [0.1, 0.15) is 0 Å². The molecule has 1 heterocycles. The topological polar surface area (TPSA) is 3.24 Å². The third-order valence-corrected chi connectivity index (χ3v) is 1.85. The van der Waals surface area contributed by atoms with E-state index in [9.17, 15) is 13.2 Å². The SMILES string of the molecule is FCC(F)(F)CN1CCCC1. The Hall–Kier alpha value is -0.250. The van der Waals surface area contributed by atoms with E-state index in [4.69, 9.17) is 0 Å². The molecule has 1 aliphatic heterocycles. The fourth-order valence-corrected chi connectivity index (χ4v) is 1.31. The molecule has 11 heavy (non-hydrogen) atoms. The molecule has 1 saturated heterocycles. The van der Waals surface area contributed by atoms with Gasteiger partial charge in [-0.1, -0.05) is 0 Å². The summed E-state index contributed by atoms with van der Waals surface area (Å²) >= 11 is 0. The van der Waals surface area contributed by atoms with E-state index in [0.29, 0.717) is 13.1 Å². The fraction of sp³-hybridized carbons (Fsp3) is 1.00. The van der Waals surface area contributed by atoms with Crippen molar-refractivity contribution in [1.82, 2.24) is 4.90 Å². The lowest BCUT2D eigenvalue weighted by Crippen LogP contribution is -2.36. The van der Waals surface area contributed by atoms with Crippen molar-refractivity contribution in [3.05, 3.63) is 0 Å². The van der Waals surface area contributed by atoms with Gasteiger partial charge in [-0.15, -0.1) is 0 Å². The van der Waals surface area contributed by atoms with Crippen molar-refractivity contribution in [2.24, 2.45) is 0 Å². The van der Waals surface area contributed by atoms with Crippen LogP contribution in [0.3, 0.4) is 0 Å². The van der Waals surface area contributed by atoms with Crippen LogP contribution in [-0.2, 0) is 0 Å². The molecular formula is C7H12F3N. The summed E-state index contributed by atoms with van der Waals surface area (Å²) in [4.78, 5) is 1.61. The van der Waals surface area contributed by atoms with Gasteiger partial charge in [0.25, 0.3) is 5.92 Å². The highest BCUT2D eigenvalue weighted by atomic mass is 19.3. The van der Waals surface area contributed by atoms with Crippen molar-refractivity contribution in [3.8, 4) is 0 Å². The van der Waals surface area contributed by atoms with Gasteiger partial charge in [0.15, 0.2) is 6.67 Å². The summed E-state index contributed by atoms with van der Waals surface area (Å²) < 4.78 is 36.4. The molecule has 1 nitrogen and oxygen atoms in total. The van der Waals surface area contributed by atoms with Gasteiger partial charge in [-0.25, -0.2) is 13.2 Å². The molecule has 1 rings (SSSR count). The molecule has 0 N–H and O–H groups in total. The largest absolute Gasteiger partial charge is 0.297 e. The van der Waals surface area contributed by atoms with E-state index >= 15 is 0 Å². The molecule has 1 fully saturated rings. The highest BCUT2D eigenvalue weighted by Gasteiger charge is 2.32. The van der Waals surface area contributed by atoms with Crippen LogP contribution in [0.2, 0.25) is 0 Å². The summed E-state index contributed by atoms with van der Waals surface area (Å²) in [5, 5.41) is 0. The van der Waals surface area contributed by atoms with Crippen molar-refractivity contribution in [3.63, 3.8) is 0 Å². The zero-order valence-corrected chi connectivity index (χ0v) is 6.32. The second-order valence-electron chi connectivity index (χ2n) is 2.97. The van der Waals surface area contributed by atoms with E-state index in [2.05, 4.69) is 0 Å². The Kier molecular flexibility index (Phi) is 2.76. The Labute approximate surface area is 64.2 Å². The van der Waals surface area contributed by atoms with Crippen molar-refractivity contribution in [1.29, 1.82) is 0 Å². The Morgan fingerprint density at radius 2 is 1.73 bits per heavy atom. The van der Waals surface area contributed by atoms with E-state index < -0.39 is 19.1 Å². The summed E-state index contributed by atoms with van der Waals surface area (Å²) in [7, 11) is 0. The molecule has 0 aromatic carbocycles. The van der Waals surface area contributed by atoms with Crippen LogP contribution in [0, 0.1) is 0 Å². The zero-order valence-electron chi connectivity index (χ0n) is 6.32. The van der Waals surface area contributed by atoms with Crippen molar-refractivity contribution in [2.45, 2.75) is 18.8 Å². The first-order valence-corrected chi connectivity index (χ1v) is 3.80. The predicted molar refractivity (Wildman–Crippen MR) is 36.6 cm³/mol. The average Bonchev–Trinajstić information content (AvgIpc) is 2.39. The maximum Gasteiger partial charge on any atom is 0.288 e. The third-order valence-electron chi connectivity index (χ3n) is 1.85. The smallest absolute Gasteiger partial charge is 0.288 e. The molecule has 0 unspecified atom stereocenters. The minimum atomic E-state index is -3.13. The first-order valence-electron chi connectivity index (χ1n) is 3.80. The normalized spacial score (nSPS) is 21.0. The standard InChI is InChI=1S/C7H12F3N/c8-5-7(9,10)6-11-3-1-2-4-11/h1-6H2. The van der Waals surface area contributed by atoms with E-state index in [0.717, 1.165) is 12.8 Å². The molecule has 1 aliphatic rings. The first kappa shape index (κ1) is 8.84. The predicted octanol–water partition coefficient (Wildman–Crippen LogP) is 1.69. The van der Waals surface area contributed by atoms with Crippen LogP contribution >= 0.6 is 0 Å². The molecule has 0 saturated carbocycles. The van der Waals surface area contributed by atoms with Crippen LogP contribution in [0.25, 0.3) is 0 Å². The summed E-state index contributed by atoms with van der Waals surface area (Å²) in [6.45, 7) is -0.571. The van der Waals surface area contributed by atoms with E-state index in [1.54, 1.807) is 4.90 Å². The second kappa shape index (κ2) is 3.43. The van der Waals surface area contributed by atoms with Gasteiger partial charge in [-0.2, -0.15) is 0 Å². The quantitative estimate of drug-likeness (QED) is 0.618. The van der Waals surface area contributed by atoms with E-state index in [1.165, 1.54) is 0 Å². The number of hydrogen-bond acceptors (Lipinski definition) is 1. The maximum absolute atomic E-state index is 12.4. The number of alkyl halides is 3. The van der Waals surface area contributed by atoms with Crippen LogP contribution in [0.4, 0.5) is 13.2 Å². The number of rotatable bonds is 3. The lowest BCUT2D eigenvalue weighted by molar-refractivity contribution is -0.0461. The molecule has 0 radical (unpaired) electrons. The first-order chi connectivity index (χ1) is 5.14. The minimum absolute atomic E-state index is 0.413. The van der Waals surface area contributed by atoms with Crippen LogP contribution in [0.5, 0.6) is 0 Å². The molecule has 0 aromatic heterocycles. The van der Waals surface area contributed by atoms with Crippen LogP contribution in [0.15, 0.2) is 0 Å². The van der Waals surface area contributed by atoms with Crippen LogP contribution in [0.1, 0.15) is 12.8 Å². The monoisotopic (exact) mass is 167 g/mol. The van der Waals surface area contributed by atoms with Gasteiger partial charge < -0.3 is 0 Å². The van der Waals surface area contributed by atoms with Gasteiger partial charge in [0.2, 0.25) is 0 Å². The summed E-state index contributed by atoms with van der Waals surface area (Å²) in [5.74, 6) is -3.13. The van der Waals surface area contributed by atoms with Gasteiger partial charge >= 0.3 is 0 Å². The number of halogens is 3. The molecule has 4 heteroatoms. The molecular weight excluding hydrogens is 155 g/mol.